The Morgan fingerprint density at radius 3 is 0.853 bits per heavy atom. The Hall–Kier alpha value is -1.22. The van der Waals surface area contributed by atoms with Crippen LogP contribution in [0.15, 0.2) is 0 Å². The molecule has 8 heteroatoms. The van der Waals surface area contributed by atoms with E-state index < -0.39 is 11.8 Å². The Balaban J connectivity index is 5.06. The maximum Gasteiger partial charge on any atom is 0.312 e. The molecule has 0 radical (unpaired) electrons. The smallest absolute Gasteiger partial charge is 0.312 e. The summed E-state index contributed by atoms with van der Waals surface area (Å²) in [6.45, 7) is 20.1. The molecule has 0 aliphatic rings. The average Bonchev–Trinajstić information content (AvgIpc) is 2.75. The van der Waals surface area contributed by atoms with Crippen LogP contribution >= 0.6 is 0 Å². The summed E-state index contributed by atoms with van der Waals surface area (Å²) >= 11 is 0. The summed E-state index contributed by atoms with van der Waals surface area (Å²) in [4.78, 5) is 29.7. The molecule has 202 valence electrons. The lowest BCUT2D eigenvalue weighted by molar-refractivity contribution is -0.152. The van der Waals surface area contributed by atoms with E-state index in [0.29, 0.717) is 78.3 Å². The molecule has 0 aromatic rings. The number of amides is 2. The molecule has 8 nitrogen and oxygen atoms in total. The van der Waals surface area contributed by atoms with Crippen molar-refractivity contribution in [3.05, 3.63) is 0 Å². The van der Waals surface area contributed by atoms with Gasteiger partial charge in [0.15, 0.2) is 0 Å². The minimum Gasteiger partial charge on any atom is -0.379 e. The van der Waals surface area contributed by atoms with Crippen LogP contribution in [-0.2, 0) is 28.5 Å². The summed E-state index contributed by atoms with van der Waals surface area (Å²) in [6.07, 6.45) is 3.31. The number of hydrogen-bond donors (Lipinski definition) is 0. The lowest BCUT2D eigenvalue weighted by Crippen LogP contribution is -2.47. The number of ether oxygens (including phenoxy) is 4. The van der Waals surface area contributed by atoms with Crippen molar-refractivity contribution in [3.63, 3.8) is 0 Å². The van der Waals surface area contributed by atoms with E-state index in [4.69, 9.17) is 18.9 Å². The summed E-state index contributed by atoms with van der Waals surface area (Å²) in [7, 11) is 0. The molecule has 0 spiro atoms. The Kier molecular flexibility index (Phi) is 19.3. The number of nitrogens with zero attached hydrogens (tertiary/aromatic N) is 2. The third-order valence-corrected chi connectivity index (χ3v) is 4.85. The van der Waals surface area contributed by atoms with E-state index >= 15 is 0 Å². The largest absolute Gasteiger partial charge is 0.379 e. The van der Waals surface area contributed by atoms with Crippen LogP contribution in [-0.4, -0.2) is 98.6 Å². The molecule has 0 saturated heterocycles. The number of rotatable bonds is 20. The van der Waals surface area contributed by atoms with E-state index in [1.54, 1.807) is 9.80 Å². The van der Waals surface area contributed by atoms with Crippen molar-refractivity contribution >= 4 is 11.8 Å². The molecule has 0 aliphatic carbocycles. The van der Waals surface area contributed by atoms with Gasteiger partial charge in [0.05, 0.1) is 24.4 Å². The molecule has 0 N–H and O–H groups in total. The molecule has 0 saturated carbocycles. The highest BCUT2D eigenvalue weighted by molar-refractivity contribution is 6.34. The molecule has 34 heavy (non-hydrogen) atoms. The fourth-order valence-corrected chi connectivity index (χ4v) is 3.20. The molecule has 0 unspecified atom stereocenters. The number of carbonyl (C=O) groups excluding carboxylic acids is 2. The van der Waals surface area contributed by atoms with Crippen molar-refractivity contribution in [2.75, 3.05) is 52.6 Å². The minimum atomic E-state index is -0.455. The third kappa shape index (κ3) is 18.2. The van der Waals surface area contributed by atoms with E-state index in [1.165, 1.54) is 0 Å². The van der Waals surface area contributed by atoms with Gasteiger partial charge in [0.2, 0.25) is 0 Å². The zero-order valence-corrected chi connectivity index (χ0v) is 23.1. The molecule has 0 heterocycles. The van der Waals surface area contributed by atoms with Crippen LogP contribution in [0.4, 0.5) is 0 Å². The van der Waals surface area contributed by atoms with Crippen molar-refractivity contribution in [2.24, 2.45) is 0 Å². The van der Waals surface area contributed by atoms with Crippen LogP contribution in [0.2, 0.25) is 0 Å². The highest BCUT2D eigenvalue weighted by Crippen LogP contribution is 2.06. The second kappa shape index (κ2) is 20.0. The standard InChI is InChI=1S/C26H52N2O6/c1-21(2)31-17-9-13-27(14-10-18-32-22(3)4)25(29)26(30)28(15-11-19-33-23(5)6)16-12-20-34-24(7)8/h21-24H,9-20H2,1-8H3. The Morgan fingerprint density at radius 1 is 0.471 bits per heavy atom. The summed E-state index contributed by atoms with van der Waals surface area (Å²) in [5.74, 6) is -0.910. The van der Waals surface area contributed by atoms with Crippen molar-refractivity contribution in [1.82, 2.24) is 9.80 Å². The fourth-order valence-electron chi connectivity index (χ4n) is 3.20. The zero-order valence-electron chi connectivity index (χ0n) is 23.1. The molecule has 0 aromatic heterocycles. The molecule has 0 atom stereocenters. The van der Waals surface area contributed by atoms with Gasteiger partial charge >= 0.3 is 11.8 Å². The molecule has 0 aliphatic heterocycles. The first-order chi connectivity index (χ1) is 16.0. The lowest BCUT2D eigenvalue weighted by Gasteiger charge is -2.28. The SMILES string of the molecule is CC(C)OCCCN(CCCOC(C)C)C(=O)C(=O)N(CCCOC(C)C)CCCOC(C)C. The molecule has 0 bridgehead atoms. The van der Waals surface area contributed by atoms with Crippen LogP contribution in [0.5, 0.6) is 0 Å². The molecule has 0 rings (SSSR count). The summed E-state index contributed by atoms with van der Waals surface area (Å²) in [6, 6.07) is 0. The van der Waals surface area contributed by atoms with Gasteiger partial charge in [-0.2, -0.15) is 0 Å². The quantitative estimate of drug-likeness (QED) is 0.191. The summed E-state index contributed by atoms with van der Waals surface area (Å²) in [5, 5.41) is 0. The van der Waals surface area contributed by atoms with Gasteiger partial charge in [-0.1, -0.05) is 0 Å². The Labute approximate surface area is 208 Å². The first-order valence-electron chi connectivity index (χ1n) is 13.1. The van der Waals surface area contributed by atoms with Gasteiger partial charge in [-0.25, -0.2) is 0 Å². The molecule has 2 amide bonds. The van der Waals surface area contributed by atoms with Gasteiger partial charge in [0, 0.05) is 52.6 Å². The second-order valence-corrected chi connectivity index (χ2v) is 9.68. The van der Waals surface area contributed by atoms with Crippen LogP contribution < -0.4 is 0 Å². The van der Waals surface area contributed by atoms with E-state index in [0.717, 1.165) is 0 Å². The van der Waals surface area contributed by atoms with Crippen LogP contribution in [0.3, 0.4) is 0 Å². The highest BCUT2D eigenvalue weighted by atomic mass is 16.5. The van der Waals surface area contributed by atoms with Crippen molar-refractivity contribution in [1.29, 1.82) is 0 Å². The molecule has 0 fully saturated rings. The number of carbonyl (C=O) groups is 2. The topological polar surface area (TPSA) is 77.5 Å². The van der Waals surface area contributed by atoms with Gasteiger partial charge in [-0.05, 0) is 81.1 Å². The first-order valence-corrected chi connectivity index (χ1v) is 13.1. The maximum atomic E-state index is 13.2. The molecular weight excluding hydrogens is 436 g/mol. The van der Waals surface area contributed by atoms with Gasteiger partial charge in [-0.3, -0.25) is 9.59 Å². The Morgan fingerprint density at radius 2 is 0.676 bits per heavy atom. The van der Waals surface area contributed by atoms with E-state index in [9.17, 15) is 9.59 Å². The van der Waals surface area contributed by atoms with E-state index in [1.807, 2.05) is 55.4 Å². The number of hydrogen-bond acceptors (Lipinski definition) is 6. The van der Waals surface area contributed by atoms with Crippen molar-refractivity contribution in [2.45, 2.75) is 105 Å². The summed E-state index contributed by atoms with van der Waals surface area (Å²) < 4.78 is 22.5. The van der Waals surface area contributed by atoms with Gasteiger partial charge < -0.3 is 28.7 Å². The lowest BCUT2D eigenvalue weighted by atomic mass is 10.2. The van der Waals surface area contributed by atoms with Crippen LogP contribution in [0, 0.1) is 0 Å². The normalized spacial score (nSPS) is 11.8. The molecular formula is C26H52N2O6. The predicted molar refractivity (Wildman–Crippen MR) is 136 cm³/mol. The van der Waals surface area contributed by atoms with Gasteiger partial charge in [-0.15, -0.1) is 0 Å². The monoisotopic (exact) mass is 488 g/mol. The van der Waals surface area contributed by atoms with E-state index in [2.05, 4.69) is 0 Å². The minimum absolute atomic E-state index is 0.141. The summed E-state index contributed by atoms with van der Waals surface area (Å²) in [5.41, 5.74) is 0. The van der Waals surface area contributed by atoms with Crippen LogP contribution in [0.1, 0.15) is 81.1 Å². The van der Waals surface area contributed by atoms with Gasteiger partial charge in [0.25, 0.3) is 0 Å². The predicted octanol–water partition coefficient (Wildman–Crippen LogP) is 3.90. The van der Waals surface area contributed by atoms with Crippen LogP contribution in [0.25, 0.3) is 0 Å². The maximum absolute atomic E-state index is 13.2. The molecule has 0 aromatic carbocycles. The fraction of sp³-hybridized carbons (Fsp3) is 0.923. The van der Waals surface area contributed by atoms with Crippen molar-refractivity contribution < 1.29 is 28.5 Å². The zero-order chi connectivity index (χ0) is 25.9. The van der Waals surface area contributed by atoms with Gasteiger partial charge in [0.1, 0.15) is 0 Å². The van der Waals surface area contributed by atoms with Crippen molar-refractivity contribution in [3.8, 4) is 0 Å². The highest BCUT2D eigenvalue weighted by Gasteiger charge is 2.26. The van der Waals surface area contributed by atoms with E-state index in [-0.39, 0.29) is 24.4 Å². The first kappa shape index (κ1) is 32.8. The second-order valence-electron chi connectivity index (χ2n) is 9.68. The Bertz CT molecular complexity index is 447. The average molecular weight is 489 g/mol. The third-order valence-electron chi connectivity index (χ3n) is 4.85.